The zero-order chi connectivity index (χ0) is 14.5. The van der Waals surface area contributed by atoms with E-state index in [9.17, 15) is 4.79 Å². The Bertz CT molecular complexity index is 582. The number of hydrogen-bond donors (Lipinski definition) is 2. The highest BCUT2D eigenvalue weighted by Crippen LogP contribution is 2.20. The number of amides is 1. The summed E-state index contributed by atoms with van der Waals surface area (Å²) in [7, 11) is 0. The van der Waals surface area contributed by atoms with Gasteiger partial charge in [0.15, 0.2) is 0 Å². The summed E-state index contributed by atoms with van der Waals surface area (Å²) >= 11 is 3.32. The average Bonchev–Trinajstić information content (AvgIpc) is 2.92. The van der Waals surface area contributed by atoms with Crippen LogP contribution in [0, 0.1) is 0 Å². The first-order valence-electron chi connectivity index (χ1n) is 6.44. The van der Waals surface area contributed by atoms with Crippen LogP contribution in [0.3, 0.4) is 0 Å². The number of nitrogens with two attached hydrogens (primary N) is 1. The van der Waals surface area contributed by atoms with Gasteiger partial charge in [-0.1, -0.05) is 0 Å². The Labute approximate surface area is 126 Å². The maximum atomic E-state index is 12.1. The third kappa shape index (κ3) is 3.87. The van der Waals surface area contributed by atoms with Gasteiger partial charge in [-0.3, -0.25) is 4.79 Å². The molecule has 0 radical (unpaired) electrons. The summed E-state index contributed by atoms with van der Waals surface area (Å²) in [5, 5.41) is 2.96. The number of anilines is 1. The van der Waals surface area contributed by atoms with Crippen LogP contribution in [-0.4, -0.2) is 11.9 Å². The molecule has 5 heteroatoms. The quantitative estimate of drug-likeness (QED) is 0.822. The van der Waals surface area contributed by atoms with Crippen LogP contribution in [0.25, 0.3) is 0 Å². The number of halogens is 1. The van der Waals surface area contributed by atoms with Gasteiger partial charge in [0, 0.05) is 28.2 Å². The number of nitrogen functional groups attached to an aromatic ring is 1. The van der Waals surface area contributed by atoms with Gasteiger partial charge >= 0.3 is 0 Å². The number of aryl methyl sites for hydroxylation is 1. The zero-order valence-electron chi connectivity index (χ0n) is 11.2. The van der Waals surface area contributed by atoms with Gasteiger partial charge in [-0.15, -0.1) is 0 Å². The Morgan fingerprint density at radius 1 is 1.45 bits per heavy atom. The third-order valence-electron chi connectivity index (χ3n) is 3.04. The summed E-state index contributed by atoms with van der Waals surface area (Å²) in [5.74, 6) is 0.832. The molecule has 20 heavy (non-hydrogen) atoms. The Morgan fingerprint density at radius 3 is 2.90 bits per heavy atom. The molecule has 0 fully saturated rings. The van der Waals surface area contributed by atoms with E-state index in [4.69, 9.17) is 10.2 Å². The summed E-state index contributed by atoms with van der Waals surface area (Å²) in [6.45, 7) is 1.98. The molecule has 0 aliphatic carbocycles. The highest BCUT2D eigenvalue weighted by Gasteiger charge is 2.11. The smallest absolute Gasteiger partial charge is 0.251 e. The highest BCUT2D eigenvalue weighted by atomic mass is 79.9. The number of carbonyl (C=O) groups is 1. The lowest BCUT2D eigenvalue weighted by Gasteiger charge is -2.13. The number of nitrogens with one attached hydrogen (secondary N) is 1. The SMILES string of the molecule is CC(CCc1ccco1)NC(=O)c1ccc(N)c(Br)c1. The summed E-state index contributed by atoms with van der Waals surface area (Å²) in [5.41, 5.74) is 6.91. The molecule has 1 heterocycles. The molecule has 0 spiro atoms. The Hall–Kier alpha value is -1.75. The van der Waals surface area contributed by atoms with Crippen LogP contribution in [0.1, 0.15) is 29.5 Å². The molecule has 0 saturated heterocycles. The Kier molecular flexibility index (Phi) is 4.84. The van der Waals surface area contributed by atoms with Crippen LogP contribution >= 0.6 is 15.9 Å². The van der Waals surface area contributed by atoms with Crippen LogP contribution in [0.4, 0.5) is 5.69 Å². The lowest BCUT2D eigenvalue weighted by Crippen LogP contribution is -2.32. The first-order chi connectivity index (χ1) is 9.56. The lowest BCUT2D eigenvalue weighted by molar-refractivity contribution is 0.0938. The fraction of sp³-hybridized carbons (Fsp3) is 0.267. The first-order valence-corrected chi connectivity index (χ1v) is 7.24. The fourth-order valence-electron chi connectivity index (χ4n) is 1.86. The van der Waals surface area contributed by atoms with E-state index in [2.05, 4.69) is 21.2 Å². The number of carbonyl (C=O) groups excluding carboxylic acids is 1. The van der Waals surface area contributed by atoms with Crippen molar-refractivity contribution in [3.63, 3.8) is 0 Å². The minimum atomic E-state index is -0.0994. The van der Waals surface area contributed by atoms with Crippen LogP contribution < -0.4 is 11.1 Å². The molecule has 2 aromatic rings. The highest BCUT2D eigenvalue weighted by molar-refractivity contribution is 9.10. The van der Waals surface area contributed by atoms with E-state index in [0.717, 1.165) is 23.1 Å². The Balaban J connectivity index is 1.88. The second-order valence-corrected chi connectivity index (χ2v) is 5.58. The average molecular weight is 337 g/mol. The molecule has 1 atom stereocenters. The Morgan fingerprint density at radius 2 is 2.25 bits per heavy atom. The van der Waals surface area contributed by atoms with Crippen molar-refractivity contribution in [3.05, 3.63) is 52.4 Å². The van der Waals surface area contributed by atoms with Crippen molar-refractivity contribution in [2.45, 2.75) is 25.8 Å². The van der Waals surface area contributed by atoms with E-state index >= 15 is 0 Å². The van der Waals surface area contributed by atoms with Crippen LogP contribution in [0.2, 0.25) is 0 Å². The minimum absolute atomic E-state index is 0.0731. The molecular formula is C15H17BrN2O2. The topological polar surface area (TPSA) is 68.3 Å². The molecule has 0 aliphatic heterocycles. The normalized spacial score (nSPS) is 12.1. The summed E-state index contributed by atoms with van der Waals surface area (Å²) in [4.78, 5) is 12.1. The first kappa shape index (κ1) is 14.7. The predicted molar refractivity (Wildman–Crippen MR) is 82.5 cm³/mol. The molecule has 1 amide bonds. The van der Waals surface area contributed by atoms with Crippen molar-refractivity contribution in [1.82, 2.24) is 5.32 Å². The molecule has 0 bridgehead atoms. The van der Waals surface area contributed by atoms with Gasteiger partial charge in [0.2, 0.25) is 0 Å². The fourth-order valence-corrected chi connectivity index (χ4v) is 2.24. The predicted octanol–water partition coefficient (Wildman–Crippen LogP) is 3.38. The molecule has 4 nitrogen and oxygen atoms in total. The van der Waals surface area contributed by atoms with Gasteiger partial charge in [0.05, 0.1) is 6.26 Å². The van der Waals surface area contributed by atoms with E-state index in [1.807, 2.05) is 19.1 Å². The summed E-state index contributed by atoms with van der Waals surface area (Å²) in [6.07, 6.45) is 3.29. The van der Waals surface area contributed by atoms with E-state index in [1.54, 1.807) is 24.5 Å². The molecular weight excluding hydrogens is 320 g/mol. The van der Waals surface area contributed by atoms with Crippen molar-refractivity contribution < 1.29 is 9.21 Å². The number of benzene rings is 1. The van der Waals surface area contributed by atoms with E-state index in [0.29, 0.717) is 11.3 Å². The second kappa shape index (κ2) is 6.61. The van der Waals surface area contributed by atoms with Crippen molar-refractivity contribution in [3.8, 4) is 0 Å². The number of furan rings is 1. The molecule has 106 valence electrons. The largest absolute Gasteiger partial charge is 0.469 e. The number of rotatable bonds is 5. The van der Waals surface area contributed by atoms with E-state index < -0.39 is 0 Å². The minimum Gasteiger partial charge on any atom is -0.469 e. The molecule has 2 rings (SSSR count). The van der Waals surface area contributed by atoms with Gasteiger partial charge in [0.25, 0.3) is 5.91 Å². The molecule has 0 saturated carbocycles. The van der Waals surface area contributed by atoms with Crippen molar-refractivity contribution in [1.29, 1.82) is 0 Å². The molecule has 1 aromatic carbocycles. The maximum Gasteiger partial charge on any atom is 0.251 e. The molecule has 1 aromatic heterocycles. The van der Waals surface area contributed by atoms with Gasteiger partial charge in [0.1, 0.15) is 5.76 Å². The zero-order valence-corrected chi connectivity index (χ0v) is 12.8. The third-order valence-corrected chi connectivity index (χ3v) is 3.73. The number of hydrogen-bond acceptors (Lipinski definition) is 3. The van der Waals surface area contributed by atoms with Crippen molar-refractivity contribution in [2.75, 3.05) is 5.73 Å². The van der Waals surface area contributed by atoms with Crippen LogP contribution in [0.15, 0.2) is 45.5 Å². The summed E-state index contributed by atoms with van der Waals surface area (Å²) in [6, 6.07) is 9.03. The molecule has 0 aliphatic rings. The second-order valence-electron chi connectivity index (χ2n) is 4.73. The van der Waals surface area contributed by atoms with Gasteiger partial charge in [-0.2, -0.15) is 0 Å². The molecule has 1 unspecified atom stereocenters. The van der Waals surface area contributed by atoms with Gasteiger partial charge in [-0.25, -0.2) is 0 Å². The summed E-state index contributed by atoms with van der Waals surface area (Å²) < 4.78 is 6.00. The van der Waals surface area contributed by atoms with Crippen molar-refractivity contribution >= 4 is 27.5 Å². The molecule has 3 N–H and O–H groups in total. The maximum absolute atomic E-state index is 12.1. The van der Waals surface area contributed by atoms with Gasteiger partial charge < -0.3 is 15.5 Å². The monoisotopic (exact) mass is 336 g/mol. The van der Waals surface area contributed by atoms with E-state index in [1.165, 1.54) is 0 Å². The van der Waals surface area contributed by atoms with Gasteiger partial charge in [-0.05, 0) is 59.6 Å². The van der Waals surface area contributed by atoms with Crippen LogP contribution in [-0.2, 0) is 6.42 Å². The van der Waals surface area contributed by atoms with E-state index in [-0.39, 0.29) is 11.9 Å². The lowest BCUT2D eigenvalue weighted by atomic mass is 10.1. The van der Waals surface area contributed by atoms with Crippen molar-refractivity contribution in [2.24, 2.45) is 0 Å². The standard InChI is InChI=1S/C15H17BrN2O2/c1-10(4-6-12-3-2-8-20-12)18-15(19)11-5-7-14(17)13(16)9-11/h2-3,5,7-10H,4,6,17H2,1H3,(H,18,19). The van der Waals surface area contributed by atoms with Crippen LogP contribution in [0.5, 0.6) is 0 Å².